The van der Waals surface area contributed by atoms with Crippen LogP contribution < -0.4 is 11.1 Å². The fraction of sp³-hybridized carbons (Fsp3) is 0. The molecule has 0 aromatic heterocycles. The van der Waals surface area contributed by atoms with Crippen LogP contribution in [0.1, 0.15) is 0 Å². The molecule has 2 aromatic rings. The van der Waals surface area contributed by atoms with E-state index in [4.69, 9.17) is 28.9 Å². The summed E-state index contributed by atoms with van der Waals surface area (Å²) >= 11 is 11.4. The smallest absolute Gasteiger partial charge is 0.160 e. The van der Waals surface area contributed by atoms with Gasteiger partial charge in [-0.05, 0) is 24.3 Å². The van der Waals surface area contributed by atoms with E-state index >= 15 is 0 Å². The molecule has 5 heteroatoms. The van der Waals surface area contributed by atoms with Gasteiger partial charge in [0, 0.05) is 5.69 Å². The Hall–Kier alpha value is -1.45. The lowest BCUT2D eigenvalue weighted by molar-refractivity contribution is 0.629. The Kier molecular flexibility index (Phi) is 3.41. The zero-order valence-electron chi connectivity index (χ0n) is 8.68. The third-order valence-electron chi connectivity index (χ3n) is 2.22. The van der Waals surface area contributed by atoms with Crippen molar-refractivity contribution in [2.24, 2.45) is 0 Å². The maximum Gasteiger partial charge on any atom is 0.160 e. The number of hydrogen-bond acceptors (Lipinski definition) is 2. The van der Waals surface area contributed by atoms with E-state index in [0.717, 1.165) is 0 Å². The fourth-order valence-corrected chi connectivity index (χ4v) is 1.88. The Bertz CT molecular complexity index is 535. The molecule has 0 fully saturated rings. The van der Waals surface area contributed by atoms with Crippen molar-refractivity contribution in [3.05, 3.63) is 52.3 Å². The van der Waals surface area contributed by atoms with Crippen molar-refractivity contribution >= 4 is 40.3 Å². The van der Waals surface area contributed by atoms with E-state index in [-0.39, 0.29) is 10.0 Å². The van der Waals surface area contributed by atoms with Gasteiger partial charge in [0.1, 0.15) is 0 Å². The number of para-hydroxylation sites is 2. The molecule has 0 radical (unpaired) electrons. The van der Waals surface area contributed by atoms with Gasteiger partial charge in [0.25, 0.3) is 0 Å². The highest BCUT2D eigenvalue weighted by molar-refractivity contribution is 6.35. The predicted molar refractivity (Wildman–Crippen MR) is 70.6 cm³/mol. The molecule has 0 saturated heterocycles. The standard InChI is InChI=1S/C12H9Cl2FN2/c13-8-5-7(6-9(14)12(8)15)17-11-4-2-1-3-10(11)16/h1-6,17H,16H2. The predicted octanol–water partition coefficient (Wildman–Crippen LogP) is 4.46. The quantitative estimate of drug-likeness (QED) is 0.625. The largest absolute Gasteiger partial charge is 0.397 e. The van der Waals surface area contributed by atoms with Crippen LogP contribution in [0.3, 0.4) is 0 Å². The summed E-state index contributed by atoms with van der Waals surface area (Å²) in [7, 11) is 0. The second-order valence-electron chi connectivity index (χ2n) is 3.47. The van der Waals surface area contributed by atoms with Crippen LogP contribution in [-0.4, -0.2) is 0 Å². The molecule has 0 unspecified atom stereocenters. The molecule has 0 aliphatic rings. The second kappa shape index (κ2) is 4.82. The maximum atomic E-state index is 13.2. The van der Waals surface area contributed by atoms with Crippen LogP contribution in [0, 0.1) is 5.82 Å². The normalized spacial score (nSPS) is 10.3. The molecular formula is C12H9Cl2FN2. The number of rotatable bonds is 2. The number of nitrogen functional groups attached to an aromatic ring is 1. The first kappa shape index (κ1) is 12.0. The monoisotopic (exact) mass is 270 g/mol. The SMILES string of the molecule is Nc1ccccc1Nc1cc(Cl)c(F)c(Cl)c1. The zero-order valence-corrected chi connectivity index (χ0v) is 10.2. The Morgan fingerprint density at radius 3 is 2.24 bits per heavy atom. The molecule has 0 amide bonds. The molecule has 0 aliphatic carbocycles. The summed E-state index contributed by atoms with van der Waals surface area (Å²) < 4.78 is 13.2. The summed E-state index contributed by atoms with van der Waals surface area (Å²) in [4.78, 5) is 0. The molecule has 0 spiro atoms. The van der Waals surface area contributed by atoms with E-state index in [1.165, 1.54) is 12.1 Å². The van der Waals surface area contributed by atoms with Crippen molar-refractivity contribution in [1.29, 1.82) is 0 Å². The van der Waals surface area contributed by atoms with Crippen molar-refractivity contribution in [2.75, 3.05) is 11.1 Å². The molecule has 2 rings (SSSR count). The average molecular weight is 271 g/mol. The van der Waals surface area contributed by atoms with E-state index in [0.29, 0.717) is 17.1 Å². The van der Waals surface area contributed by atoms with Crippen LogP contribution in [0.5, 0.6) is 0 Å². The lowest BCUT2D eigenvalue weighted by atomic mass is 10.2. The van der Waals surface area contributed by atoms with Gasteiger partial charge >= 0.3 is 0 Å². The maximum absolute atomic E-state index is 13.2. The molecule has 0 aliphatic heterocycles. The number of benzene rings is 2. The highest BCUT2D eigenvalue weighted by atomic mass is 35.5. The molecule has 88 valence electrons. The Morgan fingerprint density at radius 1 is 1.06 bits per heavy atom. The van der Waals surface area contributed by atoms with Crippen molar-refractivity contribution < 1.29 is 4.39 Å². The summed E-state index contributed by atoms with van der Waals surface area (Å²) in [5, 5.41) is 2.95. The molecule has 0 heterocycles. The third-order valence-corrected chi connectivity index (χ3v) is 2.77. The lowest BCUT2D eigenvalue weighted by Gasteiger charge is -2.10. The molecule has 0 saturated carbocycles. The number of nitrogens with two attached hydrogens (primary N) is 1. The first-order chi connectivity index (χ1) is 8.08. The molecule has 17 heavy (non-hydrogen) atoms. The number of nitrogens with one attached hydrogen (secondary N) is 1. The average Bonchev–Trinajstić information content (AvgIpc) is 2.29. The molecule has 0 atom stereocenters. The van der Waals surface area contributed by atoms with Crippen molar-refractivity contribution in [3.8, 4) is 0 Å². The van der Waals surface area contributed by atoms with Crippen molar-refractivity contribution in [2.45, 2.75) is 0 Å². The number of hydrogen-bond donors (Lipinski definition) is 2. The summed E-state index contributed by atoms with van der Waals surface area (Å²) in [6.45, 7) is 0. The molecule has 2 aromatic carbocycles. The van der Waals surface area contributed by atoms with Crippen LogP contribution in [0.2, 0.25) is 10.0 Å². The highest BCUT2D eigenvalue weighted by Gasteiger charge is 2.08. The third kappa shape index (κ3) is 2.62. The minimum absolute atomic E-state index is 0.0329. The topological polar surface area (TPSA) is 38.0 Å². The van der Waals surface area contributed by atoms with E-state index in [1.807, 2.05) is 12.1 Å². The van der Waals surface area contributed by atoms with Gasteiger partial charge in [-0.1, -0.05) is 35.3 Å². The summed E-state index contributed by atoms with van der Waals surface area (Å²) in [6.07, 6.45) is 0. The zero-order chi connectivity index (χ0) is 12.4. The van der Waals surface area contributed by atoms with Gasteiger partial charge in [0.05, 0.1) is 21.4 Å². The Balaban J connectivity index is 2.34. The van der Waals surface area contributed by atoms with E-state index < -0.39 is 5.82 Å². The van der Waals surface area contributed by atoms with Crippen molar-refractivity contribution in [3.63, 3.8) is 0 Å². The van der Waals surface area contributed by atoms with Crippen molar-refractivity contribution in [1.82, 2.24) is 0 Å². The van der Waals surface area contributed by atoms with Gasteiger partial charge in [0.2, 0.25) is 0 Å². The minimum Gasteiger partial charge on any atom is -0.397 e. The van der Waals surface area contributed by atoms with Crippen LogP contribution in [0.4, 0.5) is 21.5 Å². The summed E-state index contributed by atoms with van der Waals surface area (Å²) in [5.41, 5.74) is 7.66. The van der Waals surface area contributed by atoms with Crippen LogP contribution in [0.15, 0.2) is 36.4 Å². The Morgan fingerprint density at radius 2 is 1.65 bits per heavy atom. The van der Waals surface area contributed by atoms with Crippen LogP contribution in [-0.2, 0) is 0 Å². The second-order valence-corrected chi connectivity index (χ2v) is 4.28. The van der Waals surface area contributed by atoms with Crippen LogP contribution in [0.25, 0.3) is 0 Å². The first-order valence-corrected chi connectivity index (χ1v) is 5.59. The van der Waals surface area contributed by atoms with Gasteiger partial charge in [-0.15, -0.1) is 0 Å². The van der Waals surface area contributed by atoms with E-state index in [9.17, 15) is 4.39 Å². The van der Waals surface area contributed by atoms with Gasteiger partial charge in [-0.3, -0.25) is 0 Å². The van der Waals surface area contributed by atoms with Gasteiger partial charge in [-0.25, -0.2) is 4.39 Å². The van der Waals surface area contributed by atoms with Crippen LogP contribution >= 0.6 is 23.2 Å². The summed E-state index contributed by atoms with van der Waals surface area (Å²) in [5.74, 6) is -0.625. The van der Waals surface area contributed by atoms with E-state index in [1.54, 1.807) is 12.1 Å². The molecular weight excluding hydrogens is 262 g/mol. The first-order valence-electron chi connectivity index (χ1n) is 4.84. The molecule has 2 nitrogen and oxygen atoms in total. The fourth-order valence-electron chi connectivity index (χ4n) is 1.39. The Labute approximate surface area is 108 Å². The minimum atomic E-state index is -0.625. The molecule has 3 N–H and O–H groups in total. The summed E-state index contributed by atoms with van der Waals surface area (Å²) in [6, 6.07) is 10.1. The van der Waals surface area contributed by atoms with Gasteiger partial charge in [-0.2, -0.15) is 0 Å². The lowest BCUT2D eigenvalue weighted by Crippen LogP contribution is -1.96. The number of anilines is 3. The highest BCUT2D eigenvalue weighted by Crippen LogP contribution is 2.30. The molecule has 0 bridgehead atoms. The van der Waals surface area contributed by atoms with Gasteiger partial charge in [0.15, 0.2) is 5.82 Å². The van der Waals surface area contributed by atoms with Gasteiger partial charge < -0.3 is 11.1 Å². The number of halogens is 3. The van der Waals surface area contributed by atoms with E-state index in [2.05, 4.69) is 5.32 Å².